The van der Waals surface area contributed by atoms with Gasteiger partial charge in [-0.25, -0.2) is 0 Å². The maximum absolute atomic E-state index is 8.42. The Balaban J connectivity index is -0.0000000469. The Kier molecular flexibility index (Phi) is 72.5. The fourth-order valence-corrected chi connectivity index (χ4v) is 0. The van der Waals surface area contributed by atoms with E-state index < -0.39 is 14.6 Å². The first-order chi connectivity index (χ1) is 9.21. The Morgan fingerprint density at radius 1 is 0.550 bits per heavy atom. The second-order valence-corrected chi connectivity index (χ2v) is 14.8. The SMILES string of the molecule is C[CH2][Sn+2][CH3].C[CH2][Sn+2][CH3].C[CH2][Sn+2][CH3].[O-]B([O-])[O-].[O-]B([O-])[O-]. The second kappa shape index (κ2) is 42.9. The van der Waals surface area contributed by atoms with Crippen LogP contribution in [0.1, 0.15) is 20.8 Å². The monoisotopic (exact) mass is 610 g/mol. The van der Waals surface area contributed by atoms with Gasteiger partial charge in [0.05, 0.1) is 0 Å². The van der Waals surface area contributed by atoms with Crippen molar-refractivity contribution < 1.29 is 30.1 Å². The first kappa shape index (κ1) is 33.8. The summed E-state index contributed by atoms with van der Waals surface area (Å²) in [5, 5.41) is 50.5. The minimum Gasteiger partial charge on any atom is -0.907 e. The molecule has 0 aromatic rings. The molecule has 0 aromatic heterocycles. The summed E-state index contributed by atoms with van der Waals surface area (Å²) in [6.07, 6.45) is 0. The van der Waals surface area contributed by atoms with Crippen LogP contribution in [0.25, 0.3) is 0 Å². The van der Waals surface area contributed by atoms with Crippen LogP contribution in [-0.4, -0.2) is 78.1 Å². The van der Waals surface area contributed by atoms with Crippen molar-refractivity contribution in [3.05, 3.63) is 0 Å². The molecule has 0 saturated carbocycles. The number of rotatable bonds is 3. The van der Waals surface area contributed by atoms with E-state index in [9.17, 15) is 0 Å². The molecular weight excluding hydrogens is 582 g/mol. The van der Waals surface area contributed by atoms with Crippen molar-refractivity contribution in [1.82, 2.24) is 0 Å². The van der Waals surface area contributed by atoms with Gasteiger partial charge in [-0.3, -0.25) is 14.6 Å². The molecule has 0 unspecified atom stereocenters. The van der Waals surface area contributed by atoms with Crippen molar-refractivity contribution in [2.75, 3.05) is 0 Å². The molecule has 0 amide bonds. The van der Waals surface area contributed by atoms with Gasteiger partial charge < -0.3 is 30.1 Å². The molecule has 114 valence electrons. The Morgan fingerprint density at radius 2 is 0.600 bits per heavy atom. The van der Waals surface area contributed by atoms with Gasteiger partial charge in [-0.2, -0.15) is 0 Å². The van der Waals surface area contributed by atoms with Crippen LogP contribution in [0.3, 0.4) is 0 Å². The Hall–Kier alpha value is 2.29. The smallest absolute Gasteiger partial charge is 0.278 e. The zero-order valence-corrected chi connectivity index (χ0v) is 21.8. The molecule has 0 aliphatic rings. The van der Waals surface area contributed by atoms with Crippen LogP contribution in [0.5, 0.6) is 0 Å². The molecule has 0 spiro atoms. The predicted octanol–water partition coefficient (Wildman–Crippen LogP) is -4.36. The van der Waals surface area contributed by atoms with Crippen molar-refractivity contribution in [3.8, 4) is 0 Å². The van der Waals surface area contributed by atoms with E-state index in [1.807, 2.05) is 0 Å². The molecule has 20 heavy (non-hydrogen) atoms. The van der Waals surface area contributed by atoms with Crippen molar-refractivity contribution in [3.63, 3.8) is 0 Å². The maximum Gasteiger partial charge on any atom is -0.278 e. The average Bonchev–Trinajstić information content (AvgIpc) is 2.37. The summed E-state index contributed by atoms with van der Waals surface area (Å²) >= 11 is 0.672. The van der Waals surface area contributed by atoms with Gasteiger partial charge in [0.2, 0.25) is 0 Å². The van der Waals surface area contributed by atoms with Gasteiger partial charge in [-0.05, 0) is 0 Å². The van der Waals surface area contributed by atoms with Gasteiger partial charge in [0.1, 0.15) is 0 Å². The van der Waals surface area contributed by atoms with Gasteiger partial charge in [0.25, 0.3) is 0 Å². The van der Waals surface area contributed by atoms with E-state index in [1.165, 1.54) is 13.3 Å². The largest absolute Gasteiger partial charge is 0.907 e. The molecule has 0 aliphatic heterocycles. The zero-order chi connectivity index (χ0) is 17.4. The van der Waals surface area contributed by atoms with Gasteiger partial charge in [-0.15, -0.1) is 0 Å². The molecule has 0 rings (SSSR count). The first-order valence-corrected chi connectivity index (χ1v) is 20.7. The quantitative estimate of drug-likeness (QED) is 0.298. The molecule has 0 fully saturated rings. The summed E-state index contributed by atoms with van der Waals surface area (Å²) in [6, 6.07) is 0. The fraction of sp³-hybridized carbons (Fsp3) is 1.00. The number of hydrogen-bond donors (Lipinski definition) is 0. The molecule has 0 aliphatic carbocycles. The third kappa shape index (κ3) is 270. The molecule has 0 heterocycles. The zero-order valence-electron chi connectivity index (χ0n) is 13.2. The van der Waals surface area contributed by atoms with Gasteiger partial charge >= 0.3 is 112 Å². The van der Waals surface area contributed by atoms with Crippen LogP contribution in [-0.2, 0) is 0 Å². The van der Waals surface area contributed by atoms with Crippen LogP contribution in [0.15, 0.2) is 0 Å². The number of hydrogen-bond acceptors (Lipinski definition) is 6. The van der Waals surface area contributed by atoms with Crippen LogP contribution in [0, 0.1) is 0 Å². The van der Waals surface area contributed by atoms with E-state index in [-0.39, 0.29) is 63.4 Å². The fourth-order valence-electron chi connectivity index (χ4n) is 0. The topological polar surface area (TPSA) is 138 Å². The third-order valence-corrected chi connectivity index (χ3v) is 7.12. The van der Waals surface area contributed by atoms with Gasteiger partial charge in [-0.1, -0.05) is 0 Å². The normalized spacial score (nSPS) is 6.00. The molecule has 11 heteroatoms. The van der Waals surface area contributed by atoms with Crippen LogP contribution >= 0.6 is 0 Å². The molecule has 0 bridgehead atoms. The van der Waals surface area contributed by atoms with E-state index in [0.29, 0.717) is 0 Å². The maximum atomic E-state index is 8.42. The summed E-state index contributed by atoms with van der Waals surface area (Å²) in [5.74, 6) is 0. The van der Waals surface area contributed by atoms with Crippen LogP contribution in [0.4, 0.5) is 0 Å². The standard InChI is InChI=1S/3C2H5.3CH3.2BO3.3Sn/c3*1-2;;;;2*2-1(3)4;;;/h3*1H2,2H3;3*1H3;;;;;/q;;;;;;2*-3;3*+2. The summed E-state index contributed by atoms with van der Waals surface area (Å²) < 4.78 is 4.47. The summed E-state index contributed by atoms with van der Waals surface area (Å²) in [4.78, 5) is 7.05. The van der Waals surface area contributed by atoms with E-state index >= 15 is 0 Å². The third-order valence-electron chi connectivity index (χ3n) is 1.06. The molecule has 0 aromatic carbocycles. The minimum atomic E-state index is -2.92. The first-order valence-electron chi connectivity index (χ1n) is 6.10. The van der Waals surface area contributed by atoms with E-state index in [4.69, 9.17) is 30.1 Å². The van der Waals surface area contributed by atoms with Crippen LogP contribution in [0.2, 0.25) is 28.1 Å². The predicted molar refractivity (Wildman–Crippen MR) is 77.8 cm³/mol. The van der Waals surface area contributed by atoms with E-state index in [1.54, 1.807) is 0 Å². The average molecular weight is 606 g/mol. The molecular formula is C9H24B2O6Sn3. The van der Waals surface area contributed by atoms with Gasteiger partial charge in [0, 0.05) is 0 Å². The van der Waals surface area contributed by atoms with E-state index in [2.05, 4.69) is 35.6 Å². The Bertz CT molecular complexity index is 90.7. The van der Waals surface area contributed by atoms with Crippen molar-refractivity contribution in [1.29, 1.82) is 0 Å². The molecule has 6 nitrogen and oxygen atoms in total. The van der Waals surface area contributed by atoms with Gasteiger partial charge in [0.15, 0.2) is 0 Å². The molecule has 0 saturated heterocycles. The summed E-state index contributed by atoms with van der Waals surface area (Å²) in [6.45, 7) is 6.77. The van der Waals surface area contributed by atoms with Crippen molar-refractivity contribution >= 4 is 78.1 Å². The minimum absolute atomic E-state index is 0.224. The molecule has 0 atom stereocenters. The van der Waals surface area contributed by atoms with Crippen molar-refractivity contribution in [2.24, 2.45) is 0 Å². The Labute approximate surface area is 155 Å². The second-order valence-electron chi connectivity index (χ2n) is 2.70. The molecule has 0 radical (unpaired) electrons. The summed E-state index contributed by atoms with van der Waals surface area (Å²) in [7, 11) is -5.83. The summed E-state index contributed by atoms with van der Waals surface area (Å²) in [5.41, 5.74) is 0. The van der Waals surface area contributed by atoms with Crippen molar-refractivity contribution in [2.45, 2.75) is 48.9 Å². The molecule has 0 N–H and O–H groups in total. The Morgan fingerprint density at radius 3 is 0.600 bits per heavy atom. The van der Waals surface area contributed by atoms with Crippen LogP contribution < -0.4 is 30.1 Å². The van der Waals surface area contributed by atoms with E-state index in [0.717, 1.165) is 0 Å².